The van der Waals surface area contributed by atoms with Crippen LogP contribution in [0.3, 0.4) is 0 Å². The molecule has 0 aliphatic carbocycles. The molecule has 1 heterocycles. The van der Waals surface area contributed by atoms with Crippen molar-refractivity contribution in [1.29, 1.82) is 0 Å². The van der Waals surface area contributed by atoms with Crippen molar-refractivity contribution in [3.05, 3.63) is 48.0 Å². The highest BCUT2D eigenvalue weighted by Gasteiger charge is 2.76. The quantitative estimate of drug-likeness (QED) is 0.793. The third kappa shape index (κ3) is 3.78. The maximum atomic E-state index is 13.2. The molecule has 1 amide bonds. The molecule has 2 rings (SSSR count). The van der Waals surface area contributed by atoms with Crippen molar-refractivity contribution in [3.8, 4) is 0 Å². The Morgan fingerprint density at radius 3 is 2.15 bits per heavy atom. The lowest BCUT2D eigenvalue weighted by Gasteiger charge is -2.26. The highest BCUT2D eigenvalue weighted by Crippen LogP contribution is 2.46. The largest absolute Gasteiger partial charge is 0.460 e. The second-order valence-electron chi connectivity index (χ2n) is 5.15. The molecule has 0 bridgehead atoms. The van der Waals surface area contributed by atoms with Gasteiger partial charge in [0.2, 0.25) is 0 Å². The second kappa shape index (κ2) is 6.57. The normalized spacial score (nSPS) is 12.9. The van der Waals surface area contributed by atoms with Crippen LogP contribution in [-0.4, -0.2) is 33.7 Å². The van der Waals surface area contributed by atoms with E-state index in [-0.39, 0.29) is 6.54 Å². The summed E-state index contributed by atoms with van der Waals surface area (Å²) in [6, 6.07) is 5.04. The fourth-order valence-corrected chi connectivity index (χ4v) is 1.82. The van der Waals surface area contributed by atoms with Gasteiger partial charge in [-0.15, -0.1) is 0 Å². The van der Waals surface area contributed by atoms with Gasteiger partial charge in [0.15, 0.2) is 0 Å². The summed E-state index contributed by atoms with van der Waals surface area (Å²) < 4.78 is 102. The first-order valence-electron chi connectivity index (χ1n) is 6.75. The van der Waals surface area contributed by atoms with Crippen LogP contribution >= 0.6 is 0 Å². The molecular weight excluding hydrogens is 378 g/mol. The van der Waals surface area contributed by atoms with Crippen molar-refractivity contribution < 1.29 is 39.9 Å². The molecule has 0 unspecified atom stereocenters. The fraction of sp³-hybridized carbons (Fsp3) is 0.286. The zero-order valence-corrected chi connectivity index (χ0v) is 12.5. The summed E-state index contributed by atoms with van der Waals surface area (Å²) in [7, 11) is 0. The van der Waals surface area contributed by atoms with E-state index < -0.39 is 35.4 Å². The molecule has 4 nitrogen and oxygen atoms in total. The fourth-order valence-electron chi connectivity index (χ4n) is 1.82. The van der Waals surface area contributed by atoms with Crippen LogP contribution in [0.15, 0.2) is 36.7 Å². The summed E-state index contributed by atoms with van der Waals surface area (Å²) in [6.45, 7) is 0.00521. The van der Waals surface area contributed by atoms with Crippen LogP contribution in [0.1, 0.15) is 5.56 Å². The lowest BCUT2D eigenvalue weighted by Crippen LogP contribution is -2.57. The number of hydrogen-bond acceptors (Lipinski definition) is 2. The van der Waals surface area contributed by atoms with E-state index in [2.05, 4.69) is 5.10 Å². The van der Waals surface area contributed by atoms with Crippen molar-refractivity contribution >= 4 is 11.6 Å². The topological polar surface area (TPSA) is 46.9 Å². The number of amides is 1. The van der Waals surface area contributed by atoms with Gasteiger partial charge in [0.25, 0.3) is 0 Å². The minimum Gasteiger partial charge on any atom is -0.318 e. The number of halogens is 8. The van der Waals surface area contributed by atoms with E-state index in [1.54, 1.807) is 0 Å². The molecule has 2 aromatic rings. The Balaban J connectivity index is 2.10. The van der Waals surface area contributed by atoms with Crippen molar-refractivity contribution in [1.82, 2.24) is 9.78 Å². The number of alkyl halides is 7. The number of anilines is 1. The Morgan fingerprint density at radius 2 is 1.62 bits per heavy atom. The van der Waals surface area contributed by atoms with E-state index in [1.165, 1.54) is 17.4 Å². The Labute approximate surface area is 140 Å². The van der Waals surface area contributed by atoms with Crippen LogP contribution in [0.4, 0.5) is 40.8 Å². The number of nitrogens with zero attached hydrogens (tertiary/aromatic N) is 2. The predicted octanol–water partition coefficient (Wildman–Crippen LogP) is 3.84. The number of hydrogen-bond donors (Lipinski definition) is 1. The van der Waals surface area contributed by atoms with Gasteiger partial charge in [-0.2, -0.15) is 35.8 Å². The first kappa shape index (κ1) is 19.7. The maximum Gasteiger partial charge on any atom is 0.460 e. The predicted molar refractivity (Wildman–Crippen MR) is 72.3 cm³/mol. The number of carbonyl (C=O) groups is 1. The summed E-state index contributed by atoms with van der Waals surface area (Å²) >= 11 is 0. The molecule has 0 atom stereocenters. The summed E-state index contributed by atoms with van der Waals surface area (Å²) in [4.78, 5) is 11.2. The molecule has 0 spiro atoms. The minimum absolute atomic E-state index is 0.00521. The Bertz CT molecular complexity index is 782. The van der Waals surface area contributed by atoms with E-state index in [9.17, 15) is 39.9 Å². The van der Waals surface area contributed by atoms with E-state index in [4.69, 9.17) is 0 Å². The molecule has 0 aliphatic heterocycles. The van der Waals surface area contributed by atoms with Crippen LogP contribution in [0.2, 0.25) is 0 Å². The summed E-state index contributed by atoms with van der Waals surface area (Å²) in [5.41, 5.74) is 0.0103. The average molecular weight is 387 g/mol. The van der Waals surface area contributed by atoms with Crippen LogP contribution < -0.4 is 5.32 Å². The van der Waals surface area contributed by atoms with E-state index in [0.29, 0.717) is 5.56 Å². The van der Waals surface area contributed by atoms with Crippen LogP contribution in [0, 0.1) is 5.82 Å². The summed E-state index contributed by atoms with van der Waals surface area (Å²) in [5.74, 6) is -15.9. The Kier molecular flexibility index (Phi) is 4.97. The number of benzene rings is 1. The number of nitrogens with one attached hydrogen (secondary N) is 1. The van der Waals surface area contributed by atoms with Gasteiger partial charge in [0.05, 0.1) is 18.4 Å². The standard InChI is InChI=1S/C14H9F8N3O/c15-9-3-1-8(2-4-9)6-25-7-10(5-23-25)24-11(26)12(16,17)13(18,19)14(20,21)22/h1-5,7H,6H2,(H,24,26). The lowest BCUT2D eigenvalue weighted by molar-refractivity contribution is -0.343. The molecule has 0 radical (unpaired) electrons. The van der Waals surface area contributed by atoms with Crippen molar-refractivity contribution in [3.63, 3.8) is 0 Å². The molecule has 1 aromatic carbocycles. The second-order valence-corrected chi connectivity index (χ2v) is 5.15. The maximum absolute atomic E-state index is 13.2. The highest BCUT2D eigenvalue weighted by molar-refractivity contribution is 5.96. The van der Waals surface area contributed by atoms with Crippen LogP contribution in [-0.2, 0) is 11.3 Å². The molecule has 0 aliphatic rings. The molecule has 0 saturated carbocycles. The molecule has 0 fully saturated rings. The lowest BCUT2D eigenvalue weighted by atomic mass is 10.1. The Hall–Kier alpha value is -2.66. The number of aromatic nitrogens is 2. The van der Waals surface area contributed by atoms with Gasteiger partial charge in [-0.1, -0.05) is 12.1 Å². The van der Waals surface area contributed by atoms with E-state index in [1.807, 2.05) is 0 Å². The van der Waals surface area contributed by atoms with Crippen LogP contribution in [0.5, 0.6) is 0 Å². The minimum atomic E-state index is -6.61. The average Bonchev–Trinajstić information content (AvgIpc) is 2.95. The highest BCUT2D eigenvalue weighted by atomic mass is 19.4. The van der Waals surface area contributed by atoms with Gasteiger partial charge in [0, 0.05) is 6.20 Å². The van der Waals surface area contributed by atoms with Gasteiger partial charge < -0.3 is 5.32 Å². The van der Waals surface area contributed by atoms with E-state index in [0.717, 1.165) is 29.2 Å². The van der Waals surface area contributed by atoms with Crippen LogP contribution in [0.25, 0.3) is 0 Å². The van der Waals surface area contributed by atoms with Crippen molar-refractivity contribution in [2.24, 2.45) is 0 Å². The molecule has 142 valence electrons. The Morgan fingerprint density at radius 1 is 1.04 bits per heavy atom. The third-order valence-corrected chi connectivity index (χ3v) is 3.18. The first-order chi connectivity index (χ1) is 11.8. The molecule has 0 saturated heterocycles. The first-order valence-corrected chi connectivity index (χ1v) is 6.75. The van der Waals surface area contributed by atoms with Crippen molar-refractivity contribution in [2.45, 2.75) is 24.6 Å². The zero-order chi connectivity index (χ0) is 19.8. The number of carbonyl (C=O) groups excluding carboxylic acids is 1. The molecule has 1 N–H and O–H groups in total. The summed E-state index contributed by atoms with van der Waals surface area (Å²) in [5, 5.41) is 4.90. The van der Waals surface area contributed by atoms with Gasteiger partial charge in [-0.3, -0.25) is 9.48 Å². The van der Waals surface area contributed by atoms with Gasteiger partial charge in [-0.05, 0) is 17.7 Å². The van der Waals surface area contributed by atoms with Crippen molar-refractivity contribution in [2.75, 3.05) is 5.32 Å². The smallest absolute Gasteiger partial charge is 0.318 e. The van der Waals surface area contributed by atoms with Gasteiger partial charge in [-0.25, -0.2) is 4.39 Å². The van der Waals surface area contributed by atoms with E-state index >= 15 is 0 Å². The molecule has 12 heteroatoms. The summed E-state index contributed by atoms with van der Waals surface area (Å²) in [6.07, 6.45) is -4.90. The number of rotatable bonds is 5. The van der Waals surface area contributed by atoms with Gasteiger partial charge in [0.1, 0.15) is 5.82 Å². The monoisotopic (exact) mass is 387 g/mol. The zero-order valence-electron chi connectivity index (χ0n) is 12.5. The van der Waals surface area contributed by atoms with Gasteiger partial charge >= 0.3 is 23.9 Å². The SMILES string of the molecule is O=C(Nc1cnn(Cc2ccc(F)cc2)c1)C(F)(F)C(F)(F)C(F)(F)F. The third-order valence-electron chi connectivity index (χ3n) is 3.18. The molecule has 26 heavy (non-hydrogen) atoms. The molecular formula is C14H9F8N3O. The molecule has 1 aromatic heterocycles.